The van der Waals surface area contributed by atoms with Crippen molar-refractivity contribution >= 4 is 50.8 Å². The summed E-state index contributed by atoms with van der Waals surface area (Å²) in [6.45, 7) is 27.7. The zero-order chi connectivity index (χ0) is 68.2. The maximum absolute atomic E-state index is 13.1. The zero-order valence-corrected chi connectivity index (χ0v) is 57.7. The van der Waals surface area contributed by atoms with Gasteiger partial charge in [0.25, 0.3) is 16.7 Å². The molecule has 12 aromatic rings. The smallest absolute Gasteiger partial charge is 0.258 e. The molecule has 0 bridgehead atoms. The average Bonchev–Trinajstić information content (AvgIpc) is 1.49. The number of rotatable bonds is 13. The quantitative estimate of drug-likeness (QED) is 0.117. The van der Waals surface area contributed by atoms with Gasteiger partial charge in [-0.15, -0.1) is 0 Å². The van der Waals surface area contributed by atoms with E-state index >= 15 is 0 Å². The number of aromatic nitrogens is 13. The first-order valence-corrected chi connectivity index (χ1v) is 35.2. The second-order valence-corrected chi connectivity index (χ2v) is 27.2. The van der Waals surface area contributed by atoms with Gasteiger partial charge in [-0.3, -0.25) is 47.3 Å². The van der Waals surface area contributed by atoms with Gasteiger partial charge in [0, 0.05) is 163 Å². The van der Waals surface area contributed by atoms with E-state index in [0.29, 0.717) is 58.3 Å². The molecule has 0 unspecified atom stereocenters. The van der Waals surface area contributed by atoms with Gasteiger partial charge in [0.05, 0.1) is 94.5 Å². The molecular weight excluding hydrogens is 1250 g/mol. The maximum Gasteiger partial charge on any atom is 0.258 e. The van der Waals surface area contributed by atoms with Gasteiger partial charge in [0.1, 0.15) is 33.9 Å². The average molecular weight is 1330 g/mol. The fraction of sp³-hybridized carbons (Fsp3) is 0.413. The highest BCUT2D eigenvalue weighted by atomic mass is 16.5. The molecule has 24 nitrogen and oxygen atoms in total. The summed E-state index contributed by atoms with van der Waals surface area (Å²) in [5.41, 5.74) is 18.3. The SMILES string of the molecule is CCc1cc(-c2cc(=O)n3cc(N4CCN(C5CCC5)CC4)ccc3n2)cn2cc(C)nc12.CCc1cc(-c2cc(=O)n3cc(N4CCN(CCO)CC4)ccc3n2)cn2cc(C)nc12.CCc1nc(C)cn2nc(-c3cc(=O)n4cc(N5CCN(C6COC6)[C@H](C)C5)ccc4n3)cc12. The first-order valence-electron chi connectivity index (χ1n) is 35.2. The van der Waals surface area contributed by atoms with Crippen LogP contribution < -0.4 is 31.4 Å². The van der Waals surface area contributed by atoms with Crippen LogP contribution in [0.3, 0.4) is 0 Å². The fourth-order valence-corrected chi connectivity index (χ4v) is 14.8. The Labute approximate surface area is 573 Å². The molecule has 1 N–H and O–H groups in total. The Bertz CT molecular complexity index is 5180. The van der Waals surface area contributed by atoms with Gasteiger partial charge in [0.2, 0.25) is 0 Å². The zero-order valence-electron chi connectivity index (χ0n) is 57.7. The molecule has 0 aromatic carbocycles. The number of β-amino-alcohol motifs (C(OH)–C–C–N with tert-alkyl or cyclic N) is 1. The van der Waals surface area contributed by atoms with Gasteiger partial charge in [-0.1, -0.05) is 27.2 Å². The van der Waals surface area contributed by atoms with Crippen LogP contribution >= 0.6 is 0 Å². The molecule has 4 saturated heterocycles. The summed E-state index contributed by atoms with van der Waals surface area (Å²) < 4.78 is 16.2. The molecule has 5 aliphatic rings. The number of hydrogen-bond donors (Lipinski definition) is 1. The highest BCUT2D eigenvalue weighted by Crippen LogP contribution is 2.30. The van der Waals surface area contributed by atoms with Gasteiger partial charge in [-0.25, -0.2) is 29.4 Å². The number of piperazine rings is 3. The summed E-state index contributed by atoms with van der Waals surface area (Å²) >= 11 is 0. The third kappa shape index (κ3) is 13.2. The van der Waals surface area contributed by atoms with Gasteiger partial charge in [-0.2, -0.15) is 5.10 Å². The molecule has 0 amide bonds. The van der Waals surface area contributed by atoms with Crippen molar-refractivity contribution in [1.29, 1.82) is 0 Å². The van der Waals surface area contributed by atoms with Crippen LogP contribution in [0.2, 0.25) is 0 Å². The number of pyridine rings is 5. The Kier molecular flexibility index (Phi) is 18.1. The van der Waals surface area contributed by atoms with Crippen LogP contribution in [0.1, 0.15) is 80.9 Å². The molecule has 16 heterocycles. The first-order chi connectivity index (χ1) is 48.1. The van der Waals surface area contributed by atoms with E-state index in [1.165, 1.54) is 19.3 Å². The van der Waals surface area contributed by atoms with Crippen molar-refractivity contribution in [2.45, 2.75) is 105 Å². The van der Waals surface area contributed by atoms with Gasteiger partial charge >= 0.3 is 0 Å². The number of aryl methyl sites for hydroxylation is 6. The van der Waals surface area contributed by atoms with Gasteiger partial charge < -0.3 is 33.3 Å². The third-order valence-corrected chi connectivity index (χ3v) is 20.6. The van der Waals surface area contributed by atoms with E-state index in [9.17, 15) is 14.4 Å². The molecule has 1 aliphatic carbocycles. The van der Waals surface area contributed by atoms with Crippen LogP contribution in [0.15, 0.2) is 137 Å². The number of hydrogen-bond acceptors (Lipinski definition) is 18. The number of imidazole rings is 2. The summed E-state index contributed by atoms with van der Waals surface area (Å²) in [6, 6.07) is 24.8. The van der Waals surface area contributed by atoms with Crippen molar-refractivity contribution in [3.05, 3.63) is 187 Å². The lowest BCUT2D eigenvalue weighted by Gasteiger charge is -2.47. The van der Waals surface area contributed by atoms with Crippen LogP contribution in [0.4, 0.5) is 17.1 Å². The standard InChI is InChI=1S/C26H30N6O.C25H29N7O2.C24H28N6O2/c1-3-19-13-20(16-31-15-18(2)27-26(19)31)23-14-25(33)32-17-22(7-8-24(32)28-23)30-11-9-29(10-12-30)21-5-4-6-21;1-4-20-23-9-22(28-32(23)11-16(2)26-20)21-10-25(33)31-13-18(5-6-24(31)27-21)29-7-8-30(17(3)12-29)19-14-34-15-19;1-3-18-12-19(15-29-14-17(2)25-24(18)29)21-13-23(32)30-16-20(4-5-22(30)26-21)28-8-6-27(7-9-28)10-11-31/h7-8,13-17,21H,3-6,9-12H2,1-2H3;5-6,9-11,13,17,19H,4,7-8,12,14-15H2,1-3H3;4-5,12-16,31H,3,6-11H2,1-2H3/t;17-;/m.1./s1. The number of fused-ring (bicyclic) bond motifs is 6. The molecule has 17 rings (SSSR count). The van der Waals surface area contributed by atoms with E-state index in [1.54, 1.807) is 31.4 Å². The minimum atomic E-state index is -0.109. The van der Waals surface area contributed by atoms with E-state index in [-0.39, 0.29) is 23.3 Å². The Morgan fingerprint density at radius 3 is 1.46 bits per heavy atom. The van der Waals surface area contributed by atoms with Crippen molar-refractivity contribution in [3.63, 3.8) is 0 Å². The second-order valence-electron chi connectivity index (χ2n) is 27.2. The summed E-state index contributed by atoms with van der Waals surface area (Å²) in [7, 11) is 0. The Morgan fingerprint density at radius 2 is 0.990 bits per heavy atom. The van der Waals surface area contributed by atoms with Crippen LogP contribution in [-0.2, 0) is 24.0 Å². The molecule has 1 atom stereocenters. The van der Waals surface area contributed by atoms with Crippen LogP contribution in [0.5, 0.6) is 0 Å². The monoisotopic (exact) mass is 1330 g/mol. The Balaban J connectivity index is 0.000000121. The summed E-state index contributed by atoms with van der Waals surface area (Å²) in [5, 5.41) is 13.8. The van der Waals surface area contributed by atoms with Crippen LogP contribution in [0, 0.1) is 20.8 Å². The molecule has 4 aliphatic heterocycles. The van der Waals surface area contributed by atoms with E-state index in [1.807, 2.05) is 114 Å². The van der Waals surface area contributed by atoms with E-state index in [2.05, 4.69) is 101 Å². The number of nitrogens with zero attached hydrogens (tertiary/aromatic N) is 19. The highest BCUT2D eigenvalue weighted by molar-refractivity contribution is 5.70. The summed E-state index contributed by atoms with van der Waals surface area (Å²) in [5.74, 6) is 0. The molecule has 0 spiro atoms. The number of ether oxygens (including phenoxy) is 1. The highest BCUT2D eigenvalue weighted by Gasteiger charge is 2.34. The van der Waals surface area contributed by atoms with E-state index in [0.717, 1.165) is 189 Å². The third-order valence-electron chi connectivity index (χ3n) is 20.6. The predicted molar refractivity (Wildman–Crippen MR) is 387 cm³/mol. The summed E-state index contributed by atoms with van der Waals surface area (Å²) in [4.78, 5) is 81.9. The van der Waals surface area contributed by atoms with Crippen molar-refractivity contribution < 1.29 is 9.84 Å². The first kappa shape index (κ1) is 65.2. The normalized spacial score (nSPS) is 17.6. The van der Waals surface area contributed by atoms with Crippen LogP contribution in [0.25, 0.3) is 67.7 Å². The second kappa shape index (κ2) is 27.5. The number of aliphatic hydroxyl groups excluding tert-OH is 1. The molecule has 512 valence electrons. The molecule has 99 heavy (non-hydrogen) atoms. The van der Waals surface area contributed by atoms with Crippen molar-refractivity contribution in [1.82, 2.24) is 76.2 Å². The van der Waals surface area contributed by atoms with Crippen molar-refractivity contribution in [2.24, 2.45) is 0 Å². The minimum Gasteiger partial charge on any atom is -0.395 e. The number of aliphatic hydroxyl groups is 1. The Morgan fingerprint density at radius 1 is 0.495 bits per heavy atom. The lowest BCUT2D eigenvalue weighted by Crippen LogP contribution is -2.60. The van der Waals surface area contributed by atoms with Gasteiger partial charge in [-0.05, 0) is 126 Å². The lowest BCUT2D eigenvalue weighted by atomic mass is 9.91. The van der Waals surface area contributed by atoms with Gasteiger partial charge in [0.15, 0.2) is 0 Å². The molecular formula is C75H87N19O5. The predicted octanol–water partition coefficient (Wildman–Crippen LogP) is 7.73. The largest absolute Gasteiger partial charge is 0.395 e. The van der Waals surface area contributed by atoms with Crippen LogP contribution in [-0.4, -0.2) is 198 Å². The molecule has 1 saturated carbocycles. The Hall–Kier alpha value is -9.72. The van der Waals surface area contributed by atoms with Crippen molar-refractivity contribution in [3.8, 4) is 33.9 Å². The fourth-order valence-electron chi connectivity index (χ4n) is 14.8. The molecule has 12 aromatic heterocycles. The minimum absolute atomic E-state index is 0.0510. The molecule has 24 heteroatoms. The van der Waals surface area contributed by atoms with E-state index in [4.69, 9.17) is 24.8 Å². The number of anilines is 3. The molecule has 0 radical (unpaired) electrons. The van der Waals surface area contributed by atoms with E-state index < -0.39 is 0 Å². The topological polar surface area (TPSA) is 217 Å². The lowest BCUT2D eigenvalue weighted by molar-refractivity contribution is -0.0792. The summed E-state index contributed by atoms with van der Waals surface area (Å²) in [6.07, 6.45) is 22.3. The maximum atomic E-state index is 13.1. The molecule has 5 fully saturated rings. The van der Waals surface area contributed by atoms with Crippen molar-refractivity contribution in [2.75, 3.05) is 113 Å².